The van der Waals surface area contributed by atoms with Crippen molar-refractivity contribution >= 4 is 53.0 Å². The first-order valence-electron chi connectivity index (χ1n) is 5.17. The Hall–Kier alpha value is -1.47. The maximum Gasteiger partial charge on any atom is 0.366 e. The zero-order chi connectivity index (χ0) is 16.2. The molecule has 0 N–H and O–H groups in total. The zero-order valence-electron chi connectivity index (χ0n) is 10.2. The van der Waals surface area contributed by atoms with Crippen LogP contribution in [0.1, 0.15) is 5.56 Å². The van der Waals surface area contributed by atoms with Gasteiger partial charge in [0, 0.05) is 40.4 Å². The number of hydrogen-bond donors (Lipinski definition) is 0. The third-order valence-electron chi connectivity index (χ3n) is 2.13. The van der Waals surface area contributed by atoms with Crippen LogP contribution in [0.15, 0.2) is 45.2 Å². The quantitative estimate of drug-likeness (QED) is 0.772. The molecule has 0 saturated carbocycles. The average molecular weight is 371 g/mol. The third-order valence-corrected chi connectivity index (χ3v) is 3.34. The first-order chi connectivity index (χ1) is 9.81. The second-order valence-electron chi connectivity index (χ2n) is 3.42. The molecule has 0 bridgehead atoms. The number of hydrogen-bond acceptors (Lipinski definition) is 3. The summed E-state index contributed by atoms with van der Waals surface area (Å²) in [5.41, 5.74) is -2.50. The molecular weight excluding hydrogens is 364 g/mol. The van der Waals surface area contributed by atoms with Crippen LogP contribution in [-0.4, -0.2) is 12.3 Å². The number of nitrogens with zero attached hydrogens (tertiary/aromatic N) is 3. The first-order valence-corrected chi connectivity index (χ1v) is 6.57. The smallest absolute Gasteiger partial charge is 0.244 e. The lowest BCUT2D eigenvalue weighted by molar-refractivity contribution is 0.770. The van der Waals surface area contributed by atoms with Crippen molar-refractivity contribution in [2.75, 3.05) is 0 Å². The molecule has 0 radical (unpaired) electrons. The highest BCUT2D eigenvalue weighted by atomic mass is 35.5. The van der Waals surface area contributed by atoms with Crippen LogP contribution in [0.4, 0.5) is 0 Å². The van der Waals surface area contributed by atoms with E-state index in [1.54, 1.807) is 6.08 Å². The van der Waals surface area contributed by atoms with Crippen molar-refractivity contribution in [3.63, 3.8) is 0 Å². The number of rotatable bonds is 1. The van der Waals surface area contributed by atoms with Crippen molar-refractivity contribution in [1.29, 1.82) is 0 Å². The lowest BCUT2D eigenvalue weighted by Crippen LogP contribution is -2.47. The van der Waals surface area contributed by atoms with Gasteiger partial charge >= 0.3 is 17.1 Å². The summed E-state index contributed by atoms with van der Waals surface area (Å²) in [5, 5.41) is 0.757. The van der Waals surface area contributed by atoms with Crippen LogP contribution in [0.5, 0.6) is 0 Å². The van der Waals surface area contributed by atoms with Gasteiger partial charge in [-0.3, -0.25) is 0 Å². The molecular formula is C11H7Cl4N3O3. The summed E-state index contributed by atoms with van der Waals surface area (Å²) >= 11 is 21.1. The van der Waals surface area contributed by atoms with Gasteiger partial charge in [-0.25, -0.2) is 14.4 Å². The molecule has 0 aliphatic rings. The zero-order valence-corrected chi connectivity index (χ0v) is 13.2. The molecule has 0 amide bonds. The van der Waals surface area contributed by atoms with E-state index >= 15 is 0 Å². The highest BCUT2D eigenvalue weighted by Crippen LogP contribution is 2.14. The fourth-order valence-corrected chi connectivity index (χ4v) is 1.90. The predicted octanol–water partition coefficient (Wildman–Crippen LogP) is 2.16. The van der Waals surface area contributed by atoms with Crippen LogP contribution < -0.4 is 17.1 Å². The first kappa shape index (κ1) is 17.6. The molecule has 0 aliphatic carbocycles. The molecule has 0 fully saturated rings. The van der Waals surface area contributed by atoms with E-state index in [1.165, 1.54) is 0 Å². The van der Waals surface area contributed by atoms with E-state index in [9.17, 15) is 14.4 Å². The van der Waals surface area contributed by atoms with E-state index in [2.05, 4.69) is 6.58 Å². The topological polar surface area (TPSA) is 66.0 Å². The molecule has 0 spiro atoms. The van der Waals surface area contributed by atoms with E-state index in [4.69, 9.17) is 46.9 Å². The summed E-state index contributed by atoms with van der Waals surface area (Å²) in [5.74, 6) is 0. The van der Waals surface area contributed by atoms with Gasteiger partial charge in [0.25, 0.3) is 0 Å². The maximum absolute atomic E-state index is 10.8. The molecule has 21 heavy (non-hydrogen) atoms. The van der Waals surface area contributed by atoms with Crippen molar-refractivity contribution in [3.8, 4) is 0 Å². The van der Waals surface area contributed by atoms with Crippen LogP contribution >= 0.6 is 46.9 Å². The van der Waals surface area contributed by atoms with Gasteiger partial charge in [-0.15, -0.1) is 12.3 Å². The van der Waals surface area contributed by atoms with E-state index in [1.807, 2.05) is 24.3 Å². The molecule has 0 saturated heterocycles. The molecule has 2 aromatic rings. The highest BCUT2D eigenvalue weighted by molar-refractivity contribution is 6.32. The predicted molar refractivity (Wildman–Crippen MR) is 84.5 cm³/mol. The van der Waals surface area contributed by atoms with Crippen LogP contribution in [0.3, 0.4) is 0 Å². The van der Waals surface area contributed by atoms with Crippen LogP contribution in [0.25, 0.3) is 6.08 Å². The van der Waals surface area contributed by atoms with E-state index in [-0.39, 0.29) is 12.3 Å². The van der Waals surface area contributed by atoms with Gasteiger partial charge in [0.2, 0.25) is 0 Å². The van der Waals surface area contributed by atoms with Crippen molar-refractivity contribution in [1.82, 2.24) is 12.3 Å². The van der Waals surface area contributed by atoms with Crippen molar-refractivity contribution in [2.24, 2.45) is 0 Å². The monoisotopic (exact) mass is 369 g/mol. The number of benzene rings is 1. The minimum atomic E-state index is -1.16. The Kier molecular flexibility index (Phi) is 6.29. The lowest BCUT2D eigenvalue weighted by Gasteiger charge is -1.96. The average Bonchev–Trinajstić information content (AvgIpc) is 2.50. The van der Waals surface area contributed by atoms with Crippen LogP contribution in [-0.2, 0) is 0 Å². The number of halogens is 4. The molecule has 6 nitrogen and oxygen atoms in total. The van der Waals surface area contributed by atoms with Crippen molar-refractivity contribution in [2.45, 2.75) is 0 Å². The Bertz CT molecular complexity index is 736. The summed E-state index contributed by atoms with van der Waals surface area (Å²) < 4.78 is 0.254. The Morgan fingerprint density at radius 2 is 1.24 bits per heavy atom. The molecule has 112 valence electrons. The van der Waals surface area contributed by atoms with E-state index in [0.29, 0.717) is 0 Å². The molecule has 1 aromatic carbocycles. The van der Waals surface area contributed by atoms with Crippen LogP contribution in [0, 0.1) is 0 Å². The second kappa shape index (κ2) is 7.51. The van der Waals surface area contributed by atoms with Gasteiger partial charge in [0.1, 0.15) is 0 Å². The third kappa shape index (κ3) is 4.01. The van der Waals surface area contributed by atoms with Crippen molar-refractivity contribution in [3.05, 3.63) is 72.9 Å². The summed E-state index contributed by atoms with van der Waals surface area (Å²) in [6, 6.07) is 7.60. The molecule has 1 heterocycles. The normalized spacial score (nSPS) is 9.71. The Labute approximate surface area is 138 Å². The fraction of sp³-hybridized carbons (Fsp3) is 0. The van der Waals surface area contributed by atoms with Crippen LogP contribution in [0.2, 0.25) is 5.02 Å². The Balaban J connectivity index is 0.000000219. The Morgan fingerprint density at radius 3 is 1.52 bits per heavy atom. The lowest BCUT2D eigenvalue weighted by atomic mass is 10.2. The van der Waals surface area contributed by atoms with E-state index in [0.717, 1.165) is 10.6 Å². The molecule has 0 aliphatic heterocycles. The van der Waals surface area contributed by atoms with Crippen molar-refractivity contribution < 1.29 is 0 Å². The van der Waals surface area contributed by atoms with Gasteiger partial charge in [0.15, 0.2) is 0 Å². The molecule has 2 rings (SSSR count). The highest BCUT2D eigenvalue weighted by Gasteiger charge is 2.10. The SMILES string of the molecule is C=Cc1ccccc1Cl.O=c1n(Cl)c(=O)n(Cl)c(=O)n1Cl. The maximum atomic E-state index is 10.8. The summed E-state index contributed by atoms with van der Waals surface area (Å²) in [7, 11) is 0. The fourth-order valence-electron chi connectivity index (χ4n) is 1.12. The molecule has 0 atom stereocenters. The molecule has 0 unspecified atom stereocenters. The second-order valence-corrected chi connectivity index (χ2v) is 4.84. The molecule has 10 heteroatoms. The van der Waals surface area contributed by atoms with Gasteiger partial charge in [-0.1, -0.05) is 42.5 Å². The standard InChI is InChI=1S/C8H7Cl.C3Cl3N3O3/c1-2-7-5-3-4-6-8(7)9;4-7-1(10)8(5)3(12)9(6)2(7)11/h2-6H,1H2;. The molecule has 1 aromatic heterocycles. The van der Waals surface area contributed by atoms with Gasteiger partial charge in [-0.2, -0.15) is 0 Å². The van der Waals surface area contributed by atoms with Gasteiger partial charge in [-0.05, 0) is 11.6 Å². The van der Waals surface area contributed by atoms with E-state index < -0.39 is 17.1 Å². The minimum Gasteiger partial charge on any atom is -0.244 e. The summed E-state index contributed by atoms with van der Waals surface area (Å²) in [4.78, 5) is 32.3. The van der Waals surface area contributed by atoms with Gasteiger partial charge < -0.3 is 0 Å². The summed E-state index contributed by atoms with van der Waals surface area (Å²) in [6.07, 6.45) is 1.74. The Morgan fingerprint density at radius 1 is 0.857 bits per heavy atom. The summed E-state index contributed by atoms with van der Waals surface area (Å²) in [6.45, 7) is 3.61. The minimum absolute atomic E-state index is 0.0847. The largest absolute Gasteiger partial charge is 0.366 e. The number of aromatic nitrogens is 3. The van der Waals surface area contributed by atoms with Gasteiger partial charge in [0.05, 0.1) is 0 Å².